The summed E-state index contributed by atoms with van der Waals surface area (Å²) in [6, 6.07) is 9.79. The van der Waals surface area contributed by atoms with Gasteiger partial charge in [-0.1, -0.05) is 12.1 Å². The molecule has 0 bridgehead atoms. The van der Waals surface area contributed by atoms with Gasteiger partial charge in [0.05, 0.1) is 12.7 Å². The molecule has 5 nitrogen and oxygen atoms in total. The summed E-state index contributed by atoms with van der Waals surface area (Å²) < 4.78 is 5.22. The molecular weight excluding hydrogens is 266 g/mol. The van der Waals surface area contributed by atoms with Crippen LogP contribution >= 0.6 is 0 Å². The highest BCUT2D eigenvalue weighted by atomic mass is 16.5. The highest BCUT2D eigenvalue weighted by molar-refractivity contribution is 6.00. The molecule has 0 radical (unpaired) electrons. The summed E-state index contributed by atoms with van der Waals surface area (Å²) in [7, 11) is 1.65. The number of nitrogens with one attached hydrogen (secondary N) is 1. The molecule has 0 spiro atoms. The number of hydrogen-bond acceptors (Lipinski definition) is 4. The Hall–Kier alpha value is -2.40. The third-order valence-electron chi connectivity index (χ3n) is 4.32. The molecule has 5 heteroatoms. The zero-order valence-electron chi connectivity index (χ0n) is 11.7. The van der Waals surface area contributed by atoms with Gasteiger partial charge >= 0.3 is 0 Å². The second-order valence-electron chi connectivity index (χ2n) is 5.24. The number of carbonyl (C=O) groups is 1. The third kappa shape index (κ3) is 1.49. The quantitative estimate of drug-likeness (QED) is 0.903. The standard InChI is InChI=1S/C16H15N3O2/c1-21-12-4-2-11(3-5-12)16-14-6-7-17-10-13(14)15(20)19(16)9-8-18-16/h2-7,10,18H,8-9H2,1H3. The number of amides is 1. The number of fused-ring (bicyclic) bond motifs is 3. The first-order valence-electron chi connectivity index (χ1n) is 6.93. The molecule has 1 unspecified atom stereocenters. The minimum atomic E-state index is -0.568. The van der Waals surface area contributed by atoms with Gasteiger partial charge in [0, 0.05) is 31.0 Å². The minimum absolute atomic E-state index is 0.0407. The van der Waals surface area contributed by atoms with E-state index in [9.17, 15) is 4.79 Å². The Morgan fingerprint density at radius 1 is 1.29 bits per heavy atom. The van der Waals surface area contributed by atoms with Crippen LogP contribution in [0.2, 0.25) is 0 Å². The van der Waals surface area contributed by atoms with Crippen molar-refractivity contribution in [1.82, 2.24) is 15.2 Å². The van der Waals surface area contributed by atoms with Crippen molar-refractivity contribution in [2.24, 2.45) is 0 Å². The zero-order chi connectivity index (χ0) is 14.4. The minimum Gasteiger partial charge on any atom is -0.497 e. The van der Waals surface area contributed by atoms with Gasteiger partial charge in [-0.2, -0.15) is 0 Å². The van der Waals surface area contributed by atoms with E-state index in [0.29, 0.717) is 12.1 Å². The fourth-order valence-corrected chi connectivity index (χ4v) is 3.38. The van der Waals surface area contributed by atoms with Crippen LogP contribution in [0.15, 0.2) is 42.7 Å². The van der Waals surface area contributed by atoms with Gasteiger partial charge in [-0.15, -0.1) is 0 Å². The molecule has 1 fully saturated rings. The maximum absolute atomic E-state index is 12.6. The normalized spacial score (nSPS) is 23.1. The van der Waals surface area contributed by atoms with E-state index in [1.54, 1.807) is 19.5 Å². The number of aromatic nitrogens is 1. The van der Waals surface area contributed by atoms with Gasteiger partial charge in [-0.25, -0.2) is 0 Å². The SMILES string of the molecule is COc1ccc(C23NCCN2C(=O)c2cnccc23)cc1. The lowest BCUT2D eigenvalue weighted by atomic mass is 9.92. The first-order chi connectivity index (χ1) is 10.3. The van der Waals surface area contributed by atoms with E-state index in [4.69, 9.17) is 4.74 Å². The molecule has 1 N–H and O–H groups in total. The summed E-state index contributed by atoms with van der Waals surface area (Å²) in [5.41, 5.74) is 2.13. The number of benzene rings is 1. The molecule has 4 rings (SSSR count). The fraction of sp³-hybridized carbons (Fsp3) is 0.250. The summed E-state index contributed by atoms with van der Waals surface area (Å²) in [6.45, 7) is 1.47. The van der Waals surface area contributed by atoms with Gasteiger partial charge in [0.2, 0.25) is 0 Å². The molecule has 2 aliphatic heterocycles. The van der Waals surface area contributed by atoms with Gasteiger partial charge in [0.1, 0.15) is 11.4 Å². The van der Waals surface area contributed by atoms with Gasteiger partial charge in [-0.3, -0.25) is 15.1 Å². The van der Waals surface area contributed by atoms with Crippen LogP contribution in [-0.2, 0) is 5.66 Å². The molecule has 1 saturated heterocycles. The summed E-state index contributed by atoms with van der Waals surface area (Å²) in [5, 5.41) is 3.51. The summed E-state index contributed by atoms with van der Waals surface area (Å²) >= 11 is 0. The number of methoxy groups -OCH3 is 1. The molecule has 3 heterocycles. The largest absolute Gasteiger partial charge is 0.497 e. The van der Waals surface area contributed by atoms with E-state index in [1.165, 1.54) is 0 Å². The Bertz CT molecular complexity index is 714. The zero-order valence-corrected chi connectivity index (χ0v) is 11.7. The van der Waals surface area contributed by atoms with Crippen LogP contribution < -0.4 is 10.1 Å². The van der Waals surface area contributed by atoms with Crippen molar-refractivity contribution in [1.29, 1.82) is 0 Å². The van der Waals surface area contributed by atoms with E-state index >= 15 is 0 Å². The lowest BCUT2D eigenvalue weighted by Crippen LogP contribution is -2.46. The number of ether oxygens (including phenoxy) is 1. The fourth-order valence-electron chi connectivity index (χ4n) is 3.38. The van der Waals surface area contributed by atoms with Crippen molar-refractivity contribution in [2.45, 2.75) is 5.66 Å². The molecule has 21 heavy (non-hydrogen) atoms. The van der Waals surface area contributed by atoms with Gasteiger partial charge in [0.15, 0.2) is 0 Å². The Morgan fingerprint density at radius 2 is 2.10 bits per heavy atom. The highest BCUT2D eigenvalue weighted by Crippen LogP contribution is 2.44. The van der Waals surface area contributed by atoms with E-state index in [1.807, 2.05) is 35.2 Å². The Morgan fingerprint density at radius 3 is 2.86 bits per heavy atom. The maximum atomic E-state index is 12.6. The first-order valence-corrected chi connectivity index (χ1v) is 6.93. The average Bonchev–Trinajstić information content (AvgIpc) is 3.08. The van der Waals surface area contributed by atoms with Crippen molar-refractivity contribution >= 4 is 5.91 Å². The monoisotopic (exact) mass is 281 g/mol. The molecule has 1 amide bonds. The van der Waals surface area contributed by atoms with Gasteiger partial charge < -0.3 is 9.64 Å². The molecular formula is C16H15N3O2. The summed E-state index contributed by atoms with van der Waals surface area (Å²) in [6.07, 6.45) is 3.39. The average molecular weight is 281 g/mol. The van der Waals surface area contributed by atoms with Crippen LogP contribution in [0.3, 0.4) is 0 Å². The molecule has 2 aliphatic rings. The lowest BCUT2D eigenvalue weighted by molar-refractivity contribution is 0.0694. The van der Waals surface area contributed by atoms with Crippen molar-refractivity contribution < 1.29 is 9.53 Å². The van der Waals surface area contributed by atoms with Crippen LogP contribution in [0.5, 0.6) is 5.75 Å². The molecule has 1 aromatic heterocycles. The summed E-state index contributed by atoms with van der Waals surface area (Å²) in [5.74, 6) is 0.845. The number of nitrogens with zero attached hydrogens (tertiary/aromatic N) is 2. The molecule has 1 atom stereocenters. The van der Waals surface area contributed by atoms with Crippen molar-refractivity contribution in [3.05, 3.63) is 59.4 Å². The Labute approximate surface area is 122 Å². The predicted molar refractivity (Wildman–Crippen MR) is 77.1 cm³/mol. The second kappa shape index (κ2) is 4.30. The number of carbonyl (C=O) groups excluding carboxylic acids is 1. The summed E-state index contributed by atoms with van der Waals surface area (Å²) in [4.78, 5) is 18.6. The third-order valence-corrected chi connectivity index (χ3v) is 4.32. The molecule has 0 aliphatic carbocycles. The number of pyridine rings is 1. The maximum Gasteiger partial charge on any atom is 0.257 e. The lowest BCUT2D eigenvalue weighted by Gasteiger charge is -2.33. The number of rotatable bonds is 2. The molecule has 0 saturated carbocycles. The van der Waals surface area contributed by atoms with Crippen molar-refractivity contribution in [3.63, 3.8) is 0 Å². The Balaban J connectivity index is 1.93. The Kier molecular flexibility index (Phi) is 2.53. The molecule has 106 valence electrons. The van der Waals surface area contributed by atoms with Crippen LogP contribution in [0.4, 0.5) is 0 Å². The number of hydrogen-bond donors (Lipinski definition) is 1. The van der Waals surface area contributed by atoms with E-state index in [0.717, 1.165) is 23.4 Å². The van der Waals surface area contributed by atoms with Crippen LogP contribution in [0, 0.1) is 0 Å². The predicted octanol–water partition coefficient (Wildman–Crippen LogP) is 1.35. The molecule has 2 aromatic rings. The van der Waals surface area contributed by atoms with Crippen molar-refractivity contribution in [3.8, 4) is 5.75 Å². The van der Waals surface area contributed by atoms with Gasteiger partial charge in [-0.05, 0) is 23.8 Å². The highest BCUT2D eigenvalue weighted by Gasteiger charge is 2.53. The van der Waals surface area contributed by atoms with E-state index in [2.05, 4.69) is 10.3 Å². The van der Waals surface area contributed by atoms with Crippen molar-refractivity contribution in [2.75, 3.05) is 20.2 Å². The van der Waals surface area contributed by atoms with Crippen LogP contribution in [-0.4, -0.2) is 36.0 Å². The second-order valence-corrected chi connectivity index (χ2v) is 5.24. The topological polar surface area (TPSA) is 54.5 Å². The van der Waals surface area contributed by atoms with Gasteiger partial charge in [0.25, 0.3) is 5.91 Å². The van der Waals surface area contributed by atoms with Crippen LogP contribution in [0.1, 0.15) is 21.5 Å². The van der Waals surface area contributed by atoms with Crippen LogP contribution in [0.25, 0.3) is 0 Å². The van der Waals surface area contributed by atoms with E-state index in [-0.39, 0.29) is 5.91 Å². The first kappa shape index (κ1) is 12.3. The molecule has 1 aromatic carbocycles. The van der Waals surface area contributed by atoms with E-state index < -0.39 is 5.66 Å². The smallest absolute Gasteiger partial charge is 0.257 e.